The number of ether oxygens (including phenoxy) is 1. The molecule has 0 fully saturated rings. The van der Waals surface area contributed by atoms with Crippen LogP contribution in [-0.2, 0) is 6.54 Å². The molecule has 0 unspecified atom stereocenters. The van der Waals surface area contributed by atoms with Crippen molar-refractivity contribution in [2.24, 2.45) is 0 Å². The van der Waals surface area contributed by atoms with Gasteiger partial charge in [0.1, 0.15) is 29.9 Å². The van der Waals surface area contributed by atoms with Crippen molar-refractivity contribution in [3.8, 4) is 34.3 Å². The third-order valence-corrected chi connectivity index (χ3v) is 4.94. The number of rotatable bonds is 5. The molecule has 0 saturated carbocycles. The van der Waals surface area contributed by atoms with Crippen molar-refractivity contribution in [3.63, 3.8) is 0 Å². The highest BCUT2D eigenvalue weighted by molar-refractivity contribution is 5.71. The molecule has 0 saturated heterocycles. The minimum absolute atomic E-state index is 0.228. The molecule has 148 valence electrons. The van der Waals surface area contributed by atoms with Crippen LogP contribution in [0, 0.1) is 22.4 Å². The maximum absolute atomic E-state index is 14.6. The zero-order valence-corrected chi connectivity index (χ0v) is 16.2. The van der Waals surface area contributed by atoms with Gasteiger partial charge in [0.25, 0.3) is 5.69 Å². The molecule has 0 aliphatic heterocycles. The number of nitrogens with zero attached hydrogens (tertiary/aromatic N) is 3. The fraction of sp³-hybridized carbons (Fsp3) is 0.0833. The van der Waals surface area contributed by atoms with E-state index in [1.807, 2.05) is 24.3 Å². The number of benzene rings is 3. The lowest BCUT2D eigenvalue weighted by molar-refractivity contribution is -0.682. The largest absolute Gasteiger partial charge is 0.595 e. The Labute approximate surface area is 173 Å². The van der Waals surface area contributed by atoms with E-state index in [0.29, 0.717) is 33.8 Å². The molecular formula is C24H18FN3O2. The summed E-state index contributed by atoms with van der Waals surface area (Å²) in [6.07, 6.45) is 0. The number of hydrogen-bond acceptors (Lipinski definition) is 3. The van der Waals surface area contributed by atoms with Gasteiger partial charge >= 0.3 is 0 Å². The minimum Gasteiger partial charge on any atom is -0.595 e. The summed E-state index contributed by atoms with van der Waals surface area (Å²) in [5, 5.41) is 22.7. The molecule has 0 spiro atoms. The van der Waals surface area contributed by atoms with Gasteiger partial charge < -0.3 is 9.94 Å². The van der Waals surface area contributed by atoms with E-state index in [0.717, 1.165) is 10.4 Å². The van der Waals surface area contributed by atoms with E-state index in [9.17, 15) is 14.9 Å². The van der Waals surface area contributed by atoms with Crippen molar-refractivity contribution < 1.29 is 14.0 Å². The summed E-state index contributed by atoms with van der Waals surface area (Å²) < 4.78 is 21.2. The lowest BCUT2D eigenvalue weighted by Gasteiger charge is -2.10. The average Bonchev–Trinajstić information content (AvgIpc) is 3.10. The van der Waals surface area contributed by atoms with E-state index in [1.165, 1.54) is 10.7 Å². The predicted molar refractivity (Wildman–Crippen MR) is 111 cm³/mol. The molecule has 0 bridgehead atoms. The number of halogens is 1. The summed E-state index contributed by atoms with van der Waals surface area (Å²) in [4.78, 5) is 0.724. The quantitative estimate of drug-likeness (QED) is 0.366. The molecule has 3 aromatic carbocycles. The third-order valence-electron chi connectivity index (χ3n) is 4.94. The molecule has 0 amide bonds. The number of methoxy groups -OCH3 is 1. The van der Waals surface area contributed by atoms with Gasteiger partial charge in [0.15, 0.2) is 0 Å². The molecule has 0 radical (unpaired) electrons. The highest BCUT2D eigenvalue weighted by Crippen LogP contribution is 2.29. The van der Waals surface area contributed by atoms with Gasteiger partial charge in [0.05, 0.1) is 18.2 Å². The van der Waals surface area contributed by atoms with Gasteiger partial charge in [-0.2, -0.15) is 5.26 Å². The molecule has 1 aromatic heterocycles. The van der Waals surface area contributed by atoms with Crippen molar-refractivity contribution in [1.82, 2.24) is 4.68 Å². The van der Waals surface area contributed by atoms with Crippen LogP contribution >= 0.6 is 0 Å². The molecule has 1 heterocycles. The first-order valence-corrected chi connectivity index (χ1v) is 9.33. The lowest BCUT2D eigenvalue weighted by Crippen LogP contribution is -2.39. The summed E-state index contributed by atoms with van der Waals surface area (Å²) in [5.41, 5.74) is 2.77. The standard InChI is InChI=1S/C24H18FN3O2/c1-30-19-12-10-17(11-13-19)16-27-23(21-8-4-5-9-22(21)25)14-24(28(27)29)20-7-3-2-6-18(20)15-26/h2-14H,16H2,1H3. The Morgan fingerprint density at radius 1 is 1.00 bits per heavy atom. The van der Waals surface area contributed by atoms with E-state index >= 15 is 0 Å². The molecule has 4 rings (SSSR count). The predicted octanol–water partition coefficient (Wildman–Crippen LogP) is 4.52. The zero-order chi connectivity index (χ0) is 21.1. The van der Waals surface area contributed by atoms with Crippen LogP contribution in [0.3, 0.4) is 0 Å². The van der Waals surface area contributed by atoms with Gasteiger partial charge in [-0.1, -0.05) is 41.2 Å². The molecule has 4 aromatic rings. The molecule has 0 atom stereocenters. The highest BCUT2D eigenvalue weighted by atomic mass is 19.1. The Morgan fingerprint density at radius 2 is 1.67 bits per heavy atom. The molecule has 30 heavy (non-hydrogen) atoms. The Hall–Kier alpha value is -4.11. The molecule has 5 nitrogen and oxygen atoms in total. The van der Waals surface area contributed by atoms with Crippen LogP contribution in [0.15, 0.2) is 78.9 Å². The maximum atomic E-state index is 14.6. The van der Waals surface area contributed by atoms with E-state index in [2.05, 4.69) is 6.07 Å². The van der Waals surface area contributed by atoms with Crippen LogP contribution < -0.4 is 9.58 Å². The van der Waals surface area contributed by atoms with E-state index < -0.39 is 5.82 Å². The average molecular weight is 399 g/mol. The van der Waals surface area contributed by atoms with Crippen LogP contribution in [0.2, 0.25) is 0 Å². The van der Waals surface area contributed by atoms with Gasteiger partial charge in [0, 0.05) is 11.6 Å². The van der Waals surface area contributed by atoms with Crippen molar-refractivity contribution in [2.75, 3.05) is 7.11 Å². The summed E-state index contributed by atoms with van der Waals surface area (Å²) in [6, 6.07) is 24.3. The Kier molecular flexibility index (Phi) is 5.19. The fourth-order valence-electron chi connectivity index (χ4n) is 3.41. The minimum atomic E-state index is -0.424. The van der Waals surface area contributed by atoms with Gasteiger partial charge in [-0.15, -0.1) is 4.68 Å². The van der Waals surface area contributed by atoms with Gasteiger partial charge in [-0.05, 0) is 42.0 Å². The monoisotopic (exact) mass is 399 g/mol. The lowest BCUT2D eigenvalue weighted by atomic mass is 10.0. The highest BCUT2D eigenvalue weighted by Gasteiger charge is 2.25. The van der Waals surface area contributed by atoms with Crippen LogP contribution in [0.25, 0.3) is 22.5 Å². The second-order valence-corrected chi connectivity index (χ2v) is 6.73. The van der Waals surface area contributed by atoms with Crippen LogP contribution in [0.5, 0.6) is 5.75 Å². The summed E-state index contributed by atoms with van der Waals surface area (Å²) in [6.45, 7) is 0.228. The Bertz CT molecular complexity index is 1240. The van der Waals surface area contributed by atoms with E-state index in [-0.39, 0.29) is 6.54 Å². The normalized spacial score (nSPS) is 10.6. The SMILES string of the molecule is COc1ccc(Cn2c(-c3ccccc3F)cc(-c3ccccc3C#N)[n+]2[O-])cc1. The molecule has 6 heteroatoms. The zero-order valence-electron chi connectivity index (χ0n) is 16.2. The molecule has 0 aliphatic rings. The Balaban J connectivity index is 1.89. The maximum Gasteiger partial charge on any atom is 0.253 e. The van der Waals surface area contributed by atoms with E-state index in [1.54, 1.807) is 55.6 Å². The van der Waals surface area contributed by atoms with Crippen LogP contribution in [-0.4, -0.2) is 11.8 Å². The molecular weight excluding hydrogens is 381 g/mol. The second kappa shape index (κ2) is 8.10. The fourth-order valence-corrected chi connectivity index (χ4v) is 3.41. The number of hydrogen-bond donors (Lipinski definition) is 0. The number of aromatic nitrogens is 2. The van der Waals surface area contributed by atoms with E-state index in [4.69, 9.17) is 4.74 Å². The number of nitriles is 1. The van der Waals surface area contributed by atoms with Crippen molar-refractivity contribution in [2.45, 2.75) is 6.54 Å². The van der Waals surface area contributed by atoms with Gasteiger partial charge in [0.2, 0.25) is 0 Å². The first-order valence-electron chi connectivity index (χ1n) is 9.33. The van der Waals surface area contributed by atoms with Gasteiger partial charge in [-0.3, -0.25) is 0 Å². The first kappa shape index (κ1) is 19.2. The summed E-state index contributed by atoms with van der Waals surface area (Å²) in [5.74, 6) is 0.283. The third kappa shape index (κ3) is 3.49. The first-order chi connectivity index (χ1) is 14.6. The molecule has 0 N–H and O–H groups in total. The topological polar surface area (TPSA) is 64.9 Å². The Morgan fingerprint density at radius 3 is 2.33 bits per heavy atom. The summed E-state index contributed by atoms with van der Waals surface area (Å²) in [7, 11) is 1.59. The smallest absolute Gasteiger partial charge is 0.253 e. The van der Waals surface area contributed by atoms with Crippen LogP contribution in [0.1, 0.15) is 11.1 Å². The van der Waals surface area contributed by atoms with Crippen molar-refractivity contribution in [3.05, 3.63) is 101 Å². The molecule has 0 aliphatic carbocycles. The van der Waals surface area contributed by atoms with Crippen LogP contribution in [0.4, 0.5) is 4.39 Å². The van der Waals surface area contributed by atoms with Crippen molar-refractivity contribution >= 4 is 0 Å². The summed E-state index contributed by atoms with van der Waals surface area (Å²) >= 11 is 0. The van der Waals surface area contributed by atoms with Crippen molar-refractivity contribution in [1.29, 1.82) is 5.26 Å². The van der Waals surface area contributed by atoms with Gasteiger partial charge in [-0.25, -0.2) is 4.39 Å². The second-order valence-electron chi connectivity index (χ2n) is 6.73.